The SMILES string of the molecule is O=C(NCc1ccc2c(c1)CNC2)c1cn(-c2ccccc2)nc1-c1cccc2ccccc12. The lowest BCUT2D eigenvalue weighted by atomic mass is 10.00. The highest BCUT2D eigenvalue weighted by atomic mass is 16.1. The fourth-order valence-corrected chi connectivity index (χ4v) is 4.62. The van der Waals surface area contributed by atoms with Gasteiger partial charge in [-0.3, -0.25) is 4.79 Å². The number of fused-ring (bicyclic) bond motifs is 2. The molecule has 1 aromatic heterocycles. The second-order valence-electron chi connectivity index (χ2n) is 8.59. The molecule has 1 aliphatic heterocycles. The van der Waals surface area contributed by atoms with E-state index in [2.05, 4.69) is 47.0 Å². The van der Waals surface area contributed by atoms with E-state index in [0.29, 0.717) is 17.8 Å². The summed E-state index contributed by atoms with van der Waals surface area (Å²) in [5.74, 6) is -0.135. The molecule has 0 radical (unpaired) electrons. The van der Waals surface area contributed by atoms with Crippen LogP contribution >= 0.6 is 0 Å². The first-order valence-corrected chi connectivity index (χ1v) is 11.5. The molecule has 6 rings (SSSR count). The topological polar surface area (TPSA) is 59.0 Å². The number of hydrogen-bond acceptors (Lipinski definition) is 3. The monoisotopic (exact) mass is 444 g/mol. The fraction of sp³-hybridized carbons (Fsp3) is 0.103. The molecule has 0 saturated carbocycles. The van der Waals surface area contributed by atoms with E-state index in [0.717, 1.165) is 40.7 Å². The van der Waals surface area contributed by atoms with Crippen molar-refractivity contribution in [3.05, 3.63) is 119 Å². The Morgan fingerprint density at radius 3 is 2.59 bits per heavy atom. The van der Waals surface area contributed by atoms with Gasteiger partial charge in [-0.1, -0.05) is 78.9 Å². The number of para-hydroxylation sites is 1. The van der Waals surface area contributed by atoms with Crippen molar-refractivity contribution in [3.63, 3.8) is 0 Å². The largest absolute Gasteiger partial charge is 0.348 e. The molecule has 1 aliphatic rings. The number of aromatic nitrogens is 2. The maximum Gasteiger partial charge on any atom is 0.255 e. The molecular weight excluding hydrogens is 420 g/mol. The first-order chi connectivity index (χ1) is 16.8. The fourth-order valence-electron chi connectivity index (χ4n) is 4.62. The molecule has 5 aromatic rings. The van der Waals surface area contributed by atoms with Gasteiger partial charge in [0.15, 0.2) is 0 Å². The van der Waals surface area contributed by atoms with Gasteiger partial charge in [0, 0.05) is 31.4 Å². The van der Waals surface area contributed by atoms with Gasteiger partial charge in [0.05, 0.1) is 11.3 Å². The first kappa shape index (κ1) is 20.4. The van der Waals surface area contributed by atoms with Crippen molar-refractivity contribution in [2.45, 2.75) is 19.6 Å². The molecule has 0 aliphatic carbocycles. The van der Waals surface area contributed by atoms with Crippen molar-refractivity contribution < 1.29 is 4.79 Å². The molecule has 0 spiro atoms. The van der Waals surface area contributed by atoms with Crippen LogP contribution in [0.15, 0.2) is 97.2 Å². The summed E-state index contributed by atoms with van der Waals surface area (Å²) < 4.78 is 1.78. The van der Waals surface area contributed by atoms with Gasteiger partial charge >= 0.3 is 0 Å². The van der Waals surface area contributed by atoms with Crippen LogP contribution in [-0.2, 0) is 19.6 Å². The van der Waals surface area contributed by atoms with Gasteiger partial charge in [-0.15, -0.1) is 0 Å². The van der Waals surface area contributed by atoms with Gasteiger partial charge in [-0.05, 0) is 39.6 Å². The summed E-state index contributed by atoms with van der Waals surface area (Å²) in [7, 11) is 0. The molecule has 166 valence electrons. The normalized spacial score (nSPS) is 12.6. The van der Waals surface area contributed by atoms with E-state index >= 15 is 0 Å². The van der Waals surface area contributed by atoms with Crippen molar-refractivity contribution in [2.24, 2.45) is 0 Å². The van der Waals surface area contributed by atoms with Crippen molar-refractivity contribution >= 4 is 16.7 Å². The number of hydrogen-bond donors (Lipinski definition) is 2. The Morgan fingerprint density at radius 1 is 0.882 bits per heavy atom. The quantitative estimate of drug-likeness (QED) is 0.390. The van der Waals surface area contributed by atoms with Crippen molar-refractivity contribution in [3.8, 4) is 16.9 Å². The summed E-state index contributed by atoms with van der Waals surface area (Å²) in [4.78, 5) is 13.4. The third-order valence-corrected chi connectivity index (χ3v) is 6.38. The molecule has 0 unspecified atom stereocenters. The van der Waals surface area contributed by atoms with Gasteiger partial charge in [0.1, 0.15) is 5.69 Å². The molecule has 1 amide bonds. The van der Waals surface area contributed by atoms with Crippen LogP contribution in [0.5, 0.6) is 0 Å². The zero-order valence-corrected chi connectivity index (χ0v) is 18.7. The van der Waals surface area contributed by atoms with Gasteiger partial charge in [0.2, 0.25) is 0 Å². The molecule has 4 aromatic carbocycles. The van der Waals surface area contributed by atoms with Crippen LogP contribution in [0.4, 0.5) is 0 Å². The molecule has 0 bridgehead atoms. The number of nitrogens with one attached hydrogen (secondary N) is 2. The summed E-state index contributed by atoms with van der Waals surface area (Å²) in [6, 6.07) is 30.6. The van der Waals surface area contributed by atoms with Crippen LogP contribution < -0.4 is 10.6 Å². The lowest BCUT2D eigenvalue weighted by Crippen LogP contribution is -2.23. The number of benzene rings is 4. The minimum Gasteiger partial charge on any atom is -0.348 e. The Morgan fingerprint density at radius 2 is 1.68 bits per heavy atom. The molecular formula is C29H24N4O. The number of nitrogens with zero attached hydrogens (tertiary/aromatic N) is 2. The summed E-state index contributed by atoms with van der Waals surface area (Å²) in [6.45, 7) is 2.26. The Balaban J connectivity index is 1.38. The standard InChI is InChI=1S/C29H24N4O/c34-29(31-16-20-13-14-22-17-30-18-23(22)15-20)27-19-33(24-9-2-1-3-10-24)32-28(27)26-12-6-8-21-7-4-5-11-25(21)26/h1-15,19,30H,16-18H2,(H,31,34). The number of carbonyl (C=O) groups is 1. The number of carbonyl (C=O) groups excluding carboxylic acids is 1. The van der Waals surface area contributed by atoms with Gasteiger partial charge in [-0.25, -0.2) is 4.68 Å². The average Bonchev–Trinajstić information content (AvgIpc) is 3.55. The van der Waals surface area contributed by atoms with E-state index in [1.807, 2.05) is 60.8 Å². The first-order valence-electron chi connectivity index (χ1n) is 11.5. The van der Waals surface area contributed by atoms with Gasteiger partial charge in [0.25, 0.3) is 5.91 Å². The third-order valence-electron chi connectivity index (χ3n) is 6.38. The Bertz CT molecular complexity index is 1500. The summed E-state index contributed by atoms with van der Waals surface area (Å²) in [5, 5.41) is 13.5. The highest BCUT2D eigenvalue weighted by molar-refractivity contribution is 6.04. The van der Waals surface area contributed by atoms with E-state index < -0.39 is 0 Å². The van der Waals surface area contributed by atoms with E-state index in [1.54, 1.807) is 4.68 Å². The Hall–Kier alpha value is -4.22. The lowest BCUT2D eigenvalue weighted by Gasteiger charge is -2.09. The second kappa shape index (κ2) is 8.61. The maximum absolute atomic E-state index is 13.4. The van der Waals surface area contributed by atoms with Crippen LogP contribution in [0.1, 0.15) is 27.0 Å². The Labute approximate surface area is 198 Å². The lowest BCUT2D eigenvalue weighted by molar-refractivity contribution is 0.0951. The van der Waals surface area contributed by atoms with E-state index in [1.165, 1.54) is 11.1 Å². The zero-order valence-electron chi connectivity index (χ0n) is 18.7. The summed E-state index contributed by atoms with van der Waals surface area (Å²) in [5.41, 5.74) is 6.82. The highest BCUT2D eigenvalue weighted by Crippen LogP contribution is 2.31. The van der Waals surface area contributed by atoms with Gasteiger partial charge in [-0.2, -0.15) is 5.10 Å². The van der Waals surface area contributed by atoms with Crippen LogP contribution in [0, 0.1) is 0 Å². The van der Waals surface area contributed by atoms with E-state index in [4.69, 9.17) is 5.10 Å². The van der Waals surface area contributed by atoms with Crippen molar-refractivity contribution in [1.82, 2.24) is 20.4 Å². The predicted octanol–water partition coefficient (Wildman–Crippen LogP) is 5.23. The molecule has 0 atom stereocenters. The summed E-state index contributed by atoms with van der Waals surface area (Å²) in [6.07, 6.45) is 1.83. The second-order valence-corrected chi connectivity index (χ2v) is 8.59. The molecule has 0 saturated heterocycles. The predicted molar refractivity (Wildman–Crippen MR) is 135 cm³/mol. The summed E-state index contributed by atoms with van der Waals surface area (Å²) >= 11 is 0. The highest BCUT2D eigenvalue weighted by Gasteiger charge is 2.20. The smallest absolute Gasteiger partial charge is 0.255 e. The molecule has 5 nitrogen and oxygen atoms in total. The van der Waals surface area contributed by atoms with Crippen molar-refractivity contribution in [1.29, 1.82) is 0 Å². The maximum atomic E-state index is 13.4. The zero-order chi connectivity index (χ0) is 22.9. The van der Waals surface area contributed by atoms with Crippen LogP contribution in [0.3, 0.4) is 0 Å². The van der Waals surface area contributed by atoms with Crippen LogP contribution in [0.25, 0.3) is 27.7 Å². The minimum absolute atomic E-state index is 0.135. The molecule has 34 heavy (non-hydrogen) atoms. The van der Waals surface area contributed by atoms with E-state index in [-0.39, 0.29) is 5.91 Å². The molecule has 5 heteroatoms. The molecule has 2 heterocycles. The molecule has 0 fully saturated rings. The third kappa shape index (κ3) is 3.76. The number of amides is 1. The number of rotatable bonds is 5. The molecule has 2 N–H and O–H groups in total. The average molecular weight is 445 g/mol. The Kier molecular flexibility index (Phi) is 5.17. The van der Waals surface area contributed by atoms with E-state index in [9.17, 15) is 4.79 Å². The van der Waals surface area contributed by atoms with Crippen LogP contribution in [-0.4, -0.2) is 15.7 Å². The minimum atomic E-state index is -0.135. The van der Waals surface area contributed by atoms with Crippen molar-refractivity contribution in [2.75, 3.05) is 0 Å². The van der Waals surface area contributed by atoms with Gasteiger partial charge < -0.3 is 10.6 Å². The van der Waals surface area contributed by atoms with Crippen LogP contribution in [0.2, 0.25) is 0 Å².